The minimum absolute atomic E-state index is 0.184. The molecular formula is C23H23F3N2O. The first-order valence-corrected chi connectivity index (χ1v) is 9.87. The number of rotatable bonds is 4. The van der Waals surface area contributed by atoms with Crippen molar-refractivity contribution in [3.63, 3.8) is 0 Å². The maximum absolute atomic E-state index is 12.7. The summed E-state index contributed by atoms with van der Waals surface area (Å²) in [6, 6.07) is 15.3. The van der Waals surface area contributed by atoms with Crippen molar-refractivity contribution in [1.29, 1.82) is 0 Å². The van der Waals surface area contributed by atoms with Gasteiger partial charge in [-0.05, 0) is 62.1 Å². The molecule has 0 aliphatic carbocycles. The summed E-state index contributed by atoms with van der Waals surface area (Å²) in [5, 5.41) is 0.975. The monoisotopic (exact) mass is 400 g/mol. The summed E-state index contributed by atoms with van der Waals surface area (Å²) in [5.74, 6) is 1.57. The number of hydrogen-bond acceptors (Lipinski definition) is 3. The highest BCUT2D eigenvalue weighted by Crippen LogP contribution is 2.31. The molecule has 1 aromatic heterocycles. The van der Waals surface area contributed by atoms with E-state index in [-0.39, 0.29) is 6.61 Å². The Morgan fingerprint density at radius 3 is 2.55 bits per heavy atom. The number of anilines is 1. The van der Waals surface area contributed by atoms with Crippen LogP contribution in [0.1, 0.15) is 37.3 Å². The van der Waals surface area contributed by atoms with Crippen LogP contribution < -0.4 is 9.64 Å². The number of halogens is 3. The van der Waals surface area contributed by atoms with Gasteiger partial charge in [0, 0.05) is 18.0 Å². The van der Waals surface area contributed by atoms with Crippen LogP contribution in [-0.2, 0) is 12.8 Å². The molecular weight excluding hydrogens is 377 g/mol. The average molecular weight is 400 g/mol. The maximum Gasteiger partial charge on any atom is 0.416 e. The number of benzene rings is 2. The molecule has 0 amide bonds. The van der Waals surface area contributed by atoms with Gasteiger partial charge < -0.3 is 9.64 Å². The number of ether oxygens (including phenoxy) is 1. The second-order valence-electron chi connectivity index (χ2n) is 7.52. The Labute approximate surface area is 168 Å². The van der Waals surface area contributed by atoms with Crippen molar-refractivity contribution in [3.05, 3.63) is 65.7 Å². The van der Waals surface area contributed by atoms with E-state index in [9.17, 15) is 13.2 Å². The van der Waals surface area contributed by atoms with Crippen LogP contribution in [0.25, 0.3) is 10.9 Å². The van der Waals surface area contributed by atoms with E-state index in [1.54, 1.807) is 0 Å². The number of alkyl halides is 3. The smallest absolute Gasteiger partial charge is 0.416 e. The fourth-order valence-electron chi connectivity index (χ4n) is 3.78. The van der Waals surface area contributed by atoms with Gasteiger partial charge in [-0.1, -0.05) is 24.3 Å². The van der Waals surface area contributed by atoms with E-state index >= 15 is 0 Å². The molecule has 0 saturated carbocycles. The van der Waals surface area contributed by atoms with Crippen LogP contribution in [0.15, 0.2) is 54.6 Å². The molecule has 1 fully saturated rings. The molecule has 4 rings (SSSR count). The molecule has 152 valence electrons. The van der Waals surface area contributed by atoms with Gasteiger partial charge in [-0.2, -0.15) is 13.2 Å². The first kappa shape index (κ1) is 19.6. The van der Waals surface area contributed by atoms with Crippen LogP contribution in [-0.4, -0.2) is 17.6 Å². The fourth-order valence-corrected chi connectivity index (χ4v) is 3.78. The summed E-state index contributed by atoms with van der Waals surface area (Å²) in [6.07, 6.45) is -0.768. The second kappa shape index (κ2) is 7.93. The molecule has 1 aliphatic heterocycles. The summed E-state index contributed by atoms with van der Waals surface area (Å²) in [6.45, 7) is 3.40. The van der Waals surface area contributed by atoms with E-state index in [0.717, 1.165) is 48.2 Å². The minimum atomic E-state index is -4.33. The number of pyridine rings is 1. The van der Waals surface area contributed by atoms with E-state index in [2.05, 4.69) is 11.8 Å². The standard InChI is InChI=1S/C23H23F3N2O/c1-16-5-2-3-14-28(16)21-13-10-18-6-4-7-20(22(18)27-21)29-15-17-8-11-19(12-9-17)23(24,25)26/h4,6-13,16H,2-3,5,14-15H2,1H3. The van der Waals surface area contributed by atoms with Crippen LogP contribution in [0.3, 0.4) is 0 Å². The lowest BCUT2D eigenvalue weighted by Gasteiger charge is -2.34. The van der Waals surface area contributed by atoms with Crippen molar-refractivity contribution in [2.45, 2.75) is 45.0 Å². The number of fused-ring (bicyclic) bond motifs is 1. The van der Waals surface area contributed by atoms with Crippen molar-refractivity contribution in [1.82, 2.24) is 4.98 Å². The van der Waals surface area contributed by atoms with E-state index in [4.69, 9.17) is 9.72 Å². The fraction of sp³-hybridized carbons (Fsp3) is 0.348. The molecule has 0 N–H and O–H groups in total. The third-order valence-corrected chi connectivity index (χ3v) is 5.44. The Balaban J connectivity index is 1.56. The van der Waals surface area contributed by atoms with E-state index in [0.29, 0.717) is 17.4 Å². The van der Waals surface area contributed by atoms with Crippen LogP contribution in [0, 0.1) is 0 Å². The predicted octanol–water partition coefficient (Wildman–Crippen LogP) is 6.21. The summed E-state index contributed by atoms with van der Waals surface area (Å²) in [5.41, 5.74) is 0.791. The highest BCUT2D eigenvalue weighted by molar-refractivity contribution is 5.86. The number of aromatic nitrogens is 1. The molecule has 1 unspecified atom stereocenters. The highest BCUT2D eigenvalue weighted by atomic mass is 19.4. The molecule has 2 heterocycles. The summed E-state index contributed by atoms with van der Waals surface area (Å²) in [7, 11) is 0. The van der Waals surface area contributed by atoms with E-state index in [1.807, 2.05) is 30.3 Å². The van der Waals surface area contributed by atoms with Crippen molar-refractivity contribution < 1.29 is 17.9 Å². The molecule has 3 aromatic rings. The molecule has 6 heteroatoms. The van der Waals surface area contributed by atoms with Crippen molar-refractivity contribution in [3.8, 4) is 5.75 Å². The molecule has 1 atom stereocenters. The van der Waals surface area contributed by atoms with E-state index in [1.165, 1.54) is 18.6 Å². The molecule has 1 saturated heterocycles. The SMILES string of the molecule is CC1CCCCN1c1ccc2cccc(OCc3ccc(C(F)(F)F)cc3)c2n1. The third-order valence-electron chi connectivity index (χ3n) is 5.44. The molecule has 1 aliphatic rings. The van der Waals surface area contributed by atoms with Crippen LogP contribution >= 0.6 is 0 Å². The molecule has 0 bridgehead atoms. The molecule has 0 radical (unpaired) electrons. The first-order valence-electron chi connectivity index (χ1n) is 9.87. The second-order valence-corrected chi connectivity index (χ2v) is 7.52. The van der Waals surface area contributed by atoms with Crippen LogP contribution in [0.5, 0.6) is 5.75 Å². The zero-order valence-electron chi connectivity index (χ0n) is 16.2. The van der Waals surface area contributed by atoms with Crippen molar-refractivity contribution >= 4 is 16.7 Å². The van der Waals surface area contributed by atoms with Gasteiger partial charge in [-0.3, -0.25) is 0 Å². The Bertz CT molecular complexity index is 986. The van der Waals surface area contributed by atoms with Crippen molar-refractivity contribution in [2.24, 2.45) is 0 Å². The highest BCUT2D eigenvalue weighted by Gasteiger charge is 2.29. The molecule has 29 heavy (non-hydrogen) atoms. The first-order chi connectivity index (χ1) is 13.9. The van der Waals surface area contributed by atoms with Gasteiger partial charge in [-0.15, -0.1) is 0 Å². The maximum atomic E-state index is 12.7. The Hall–Kier alpha value is -2.76. The normalized spacial score (nSPS) is 17.5. The van der Waals surface area contributed by atoms with Crippen molar-refractivity contribution in [2.75, 3.05) is 11.4 Å². The summed E-state index contributed by atoms with van der Waals surface area (Å²) >= 11 is 0. The van der Waals surface area contributed by atoms with Gasteiger partial charge >= 0.3 is 6.18 Å². The molecule has 2 aromatic carbocycles. The van der Waals surface area contributed by atoms with Gasteiger partial charge in [0.15, 0.2) is 0 Å². The molecule has 0 spiro atoms. The van der Waals surface area contributed by atoms with Gasteiger partial charge in [0.1, 0.15) is 23.7 Å². The lowest BCUT2D eigenvalue weighted by atomic mass is 10.0. The summed E-state index contributed by atoms with van der Waals surface area (Å²) < 4.78 is 44.1. The number of nitrogens with zero attached hydrogens (tertiary/aromatic N) is 2. The Kier molecular flexibility index (Phi) is 5.35. The number of hydrogen-bond donors (Lipinski definition) is 0. The number of piperidine rings is 1. The zero-order valence-corrected chi connectivity index (χ0v) is 16.2. The number of para-hydroxylation sites is 1. The van der Waals surface area contributed by atoms with Gasteiger partial charge in [-0.25, -0.2) is 4.98 Å². The minimum Gasteiger partial charge on any atom is -0.487 e. The third kappa shape index (κ3) is 4.31. The van der Waals surface area contributed by atoms with E-state index < -0.39 is 11.7 Å². The average Bonchev–Trinajstić information content (AvgIpc) is 2.72. The predicted molar refractivity (Wildman–Crippen MR) is 108 cm³/mol. The van der Waals surface area contributed by atoms with Gasteiger partial charge in [0.25, 0.3) is 0 Å². The zero-order chi connectivity index (χ0) is 20.4. The van der Waals surface area contributed by atoms with Gasteiger partial charge in [0.2, 0.25) is 0 Å². The van der Waals surface area contributed by atoms with Crippen LogP contribution in [0.4, 0.5) is 19.0 Å². The topological polar surface area (TPSA) is 25.4 Å². The van der Waals surface area contributed by atoms with Gasteiger partial charge in [0.05, 0.1) is 5.56 Å². The largest absolute Gasteiger partial charge is 0.487 e. The summed E-state index contributed by atoms with van der Waals surface area (Å²) in [4.78, 5) is 7.19. The molecule has 3 nitrogen and oxygen atoms in total. The Morgan fingerprint density at radius 2 is 1.83 bits per heavy atom. The lowest BCUT2D eigenvalue weighted by Crippen LogP contribution is -2.37. The quantitative estimate of drug-likeness (QED) is 0.520. The van der Waals surface area contributed by atoms with Crippen LogP contribution in [0.2, 0.25) is 0 Å². The lowest BCUT2D eigenvalue weighted by molar-refractivity contribution is -0.137. The Morgan fingerprint density at radius 1 is 1.03 bits per heavy atom.